The Hall–Kier alpha value is -0.630. The summed E-state index contributed by atoms with van der Waals surface area (Å²) in [6.45, 7) is 9.31. The van der Waals surface area contributed by atoms with Crippen molar-refractivity contribution < 1.29 is 12.6 Å². The summed E-state index contributed by atoms with van der Waals surface area (Å²) in [7, 11) is -4.58. The van der Waals surface area contributed by atoms with E-state index in [1.54, 1.807) is 19.1 Å². The first-order valence-electron chi connectivity index (χ1n) is 6.77. The lowest BCUT2D eigenvalue weighted by atomic mass is 10.1. The van der Waals surface area contributed by atoms with Gasteiger partial charge in [0.25, 0.3) is 0 Å². The number of rotatable bonds is 5. The largest absolute Gasteiger partial charge is 0.283 e. The number of benzene rings is 1. The Labute approximate surface area is 140 Å². The van der Waals surface area contributed by atoms with Crippen LogP contribution in [0.3, 0.4) is 0 Å². The Bertz CT molecular complexity index is 682. The number of aryl methyl sites for hydroxylation is 1. The van der Waals surface area contributed by atoms with Gasteiger partial charge in [-0.2, -0.15) is 0 Å². The maximum atomic E-state index is 12.2. The Balaban J connectivity index is 3.07. The minimum absolute atomic E-state index is 0.224. The molecule has 126 valence electrons. The van der Waals surface area contributed by atoms with Crippen molar-refractivity contribution in [2.24, 2.45) is 0 Å². The summed E-state index contributed by atoms with van der Waals surface area (Å²) in [5.41, 5.74) is 1.97. The van der Waals surface area contributed by atoms with Gasteiger partial charge in [0.1, 0.15) is 0 Å². The molecule has 0 fully saturated rings. The molecule has 0 aliphatic carbocycles. The first kappa shape index (κ1) is 19.4. The molecule has 5 nitrogen and oxygen atoms in total. The van der Waals surface area contributed by atoms with Crippen LogP contribution in [0.25, 0.3) is 0 Å². The first-order valence-corrected chi connectivity index (χ1v) is 10.2. The third-order valence-electron chi connectivity index (χ3n) is 2.95. The second kappa shape index (κ2) is 6.86. The Morgan fingerprint density at radius 2 is 1.82 bits per heavy atom. The van der Waals surface area contributed by atoms with Gasteiger partial charge < -0.3 is 0 Å². The van der Waals surface area contributed by atoms with Crippen LogP contribution in [0.1, 0.15) is 44.9 Å². The smallest absolute Gasteiger partial charge is 0.229 e. The maximum Gasteiger partial charge on any atom is 0.229 e. The zero-order valence-electron chi connectivity index (χ0n) is 13.7. The fraction of sp³-hybridized carbons (Fsp3) is 0.571. The minimum Gasteiger partial charge on any atom is -0.283 e. The molecule has 0 unspecified atom stereocenters. The van der Waals surface area contributed by atoms with Crippen LogP contribution in [-0.2, 0) is 21.0 Å². The van der Waals surface area contributed by atoms with Gasteiger partial charge in [0.05, 0.1) is 27.7 Å². The second-order valence-corrected chi connectivity index (χ2v) is 10.4. The highest BCUT2D eigenvalue weighted by Crippen LogP contribution is 2.30. The zero-order valence-corrected chi connectivity index (χ0v) is 16.0. The van der Waals surface area contributed by atoms with E-state index in [-0.39, 0.29) is 10.8 Å². The highest BCUT2D eigenvalue weighted by Gasteiger charge is 2.23. The van der Waals surface area contributed by atoms with E-state index in [0.717, 1.165) is 17.4 Å². The van der Waals surface area contributed by atoms with Gasteiger partial charge >= 0.3 is 0 Å². The molecule has 0 amide bonds. The molecule has 1 rings (SSSR count). The van der Waals surface area contributed by atoms with Gasteiger partial charge in [-0.15, -0.1) is 0 Å². The summed E-state index contributed by atoms with van der Waals surface area (Å²) < 4.78 is 39.9. The van der Waals surface area contributed by atoms with Gasteiger partial charge in [0.15, 0.2) is 0 Å². The lowest BCUT2D eigenvalue weighted by Gasteiger charge is -2.23. The fourth-order valence-corrected chi connectivity index (χ4v) is 3.49. The summed E-state index contributed by atoms with van der Waals surface area (Å²) in [5.74, 6) is 0. The molecular formula is C14H23ClN2O3S2. The fourth-order valence-electron chi connectivity index (χ4n) is 1.75. The maximum absolute atomic E-state index is 12.2. The molecule has 22 heavy (non-hydrogen) atoms. The van der Waals surface area contributed by atoms with Gasteiger partial charge in [-0.1, -0.05) is 17.7 Å². The van der Waals surface area contributed by atoms with Gasteiger partial charge in [0, 0.05) is 11.1 Å². The molecule has 8 heteroatoms. The van der Waals surface area contributed by atoms with Crippen LogP contribution in [0.15, 0.2) is 12.1 Å². The lowest BCUT2D eigenvalue weighted by Crippen LogP contribution is -2.34. The van der Waals surface area contributed by atoms with Crippen molar-refractivity contribution in [3.05, 3.63) is 28.3 Å². The van der Waals surface area contributed by atoms with E-state index in [1.807, 2.05) is 27.7 Å². The summed E-state index contributed by atoms with van der Waals surface area (Å²) in [5, 5.41) is 0.419. The molecule has 0 aliphatic rings. The molecule has 0 bridgehead atoms. The first-order chi connectivity index (χ1) is 9.81. The van der Waals surface area contributed by atoms with Crippen molar-refractivity contribution in [2.45, 2.75) is 45.4 Å². The Morgan fingerprint density at radius 1 is 1.27 bits per heavy atom. The van der Waals surface area contributed by atoms with Gasteiger partial charge in [-0.3, -0.25) is 4.72 Å². The van der Waals surface area contributed by atoms with Crippen molar-refractivity contribution in [3.8, 4) is 0 Å². The van der Waals surface area contributed by atoms with Crippen LogP contribution >= 0.6 is 11.6 Å². The van der Waals surface area contributed by atoms with Gasteiger partial charge in [-0.25, -0.2) is 17.3 Å². The van der Waals surface area contributed by atoms with Crippen LogP contribution < -0.4 is 9.44 Å². The molecule has 1 aromatic carbocycles. The van der Waals surface area contributed by atoms with Crippen molar-refractivity contribution >= 4 is 38.3 Å². The quantitative estimate of drug-likeness (QED) is 0.840. The van der Waals surface area contributed by atoms with Crippen LogP contribution in [0, 0.1) is 6.92 Å². The number of sulfonamides is 1. The van der Waals surface area contributed by atoms with Gasteiger partial charge in [0.2, 0.25) is 10.0 Å². The molecule has 0 saturated carbocycles. The lowest BCUT2D eigenvalue weighted by molar-refractivity contribution is 0.606. The van der Waals surface area contributed by atoms with E-state index in [9.17, 15) is 12.6 Å². The number of hydrogen-bond donors (Lipinski definition) is 2. The normalized spacial score (nSPS) is 15.4. The zero-order chi connectivity index (χ0) is 17.3. The van der Waals surface area contributed by atoms with E-state index in [0.29, 0.717) is 10.7 Å². The average Bonchev–Trinajstić information content (AvgIpc) is 2.30. The number of hydrogen-bond acceptors (Lipinski definition) is 3. The minimum atomic E-state index is -3.36. The standard InChI is InChI=1S/C14H23ClN2O3S2/c1-9-7-11(10(2)16-21(18)14(3,4)5)12(15)8-13(9)17-22(6,19)20/h7-8,10,16-17H,1-6H3/t10-,21-/m1/s1. The average molecular weight is 367 g/mol. The molecule has 2 atom stereocenters. The van der Waals surface area contributed by atoms with Crippen molar-refractivity contribution in [1.82, 2.24) is 4.72 Å². The van der Waals surface area contributed by atoms with Crippen molar-refractivity contribution in [2.75, 3.05) is 11.0 Å². The van der Waals surface area contributed by atoms with Crippen LogP contribution in [0.2, 0.25) is 5.02 Å². The van der Waals surface area contributed by atoms with E-state index >= 15 is 0 Å². The predicted molar refractivity (Wildman–Crippen MR) is 94.1 cm³/mol. The van der Waals surface area contributed by atoms with E-state index < -0.39 is 21.0 Å². The molecule has 2 N–H and O–H groups in total. The number of halogens is 1. The number of anilines is 1. The van der Waals surface area contributed by atoms with Crippen LogP contribution in [0.5, 0.6) is 0 Å². The molecule has 0 radical (unpaired) electrons. The summed E-state index contributed by atoms with van der Waals surface area (Å²) in [6, 6.07) is 3.15. The molecule has 0 aliphatic heterocycles. The van der Waals surface area contributed by atoms with Crippen molar-refractivity contribution in [3.63, 3.8) is 0 Å². The van der Waals surface area contributed by atoms with E-state index in [2.05, 4.69) is 9.44 Å². The van der Waals surface area contributed by atoms with E-state index in [4.69, 9.17) is 11.6 Å². The highest BCUT2D eigenvalue weighted by atomic mass is 35.5. The van der Waals surface area contributed by atoms with Gasteiger partial charge in [-0.05, 0) is 51.8 Å². The molecule has 1 aromatic rings. The monoisotopic (exact) mass is 366 g/mol. The molecular weight excluding hydrogens is 344 g/mol. The van der Waals surface area contributed by atoms with Crippen molar-refractivity contribution in [1.29, 1.82) is 0 Å². The second-order valence-electron chi connectivity index (χ2n) is 6.28. The topological polar surface area (TPSA) is 75.3 Å². The summed E-state index contributed by atoms with van der Waals surface area (Å²) in [4.78, 5) is 0. The third-order valence-corrected chi connectivity index (χ3v) is 5.54. The Morgan fingerprint density at radius 3 is 2.27 bits per heavy atom. The summed E-state index contributed by atoms with van der Waals surface area (Å²) >= 11 is 6.25. The summed E-state index contributed by atoms with van der Waals surface area (Å²) in [6.07, 6.45) is 1.09. The molecule has 0 heterocycles. The van der Waals surface area contributed by atoms with Crippen LogP contribution in [0.4, 0.5) is 5.69 Å². The molecule has 0 saturated heterocycles. The predicted octanol–water partition coefficient (Wildman–Crippen LogP) is 3.13. The SMILES string of the molecule is Cc1cc([C@@H](C)N[S@](=O)C(C)(C)C)c(Cl)cc1NS(C)(=O)=O. The number of nitrogens with one attached hydrogen (secondary N) is 2. The molecule has 0 aromatic heterocycles. The highest BCUT2D eigenvalue weighted by molar-refractivity contribution is 7.92. The van der Waals surface area contributed by atoms with E-state index in [1.165, 1.54) is 0 Å². The Kier molecular flexibility index (Phi) is 6.06. The third kappa shape index (κ3) is 5.53. The van der Waals surface area contributed by atoms with Crippen LogP contribution in [-0.4, -0.2) is 23.6 Å². The molecule has 0 spiro atoms.